The molecule has 9 nitrogen and oxygen atoms in total. The molecule has 2 amide bonds. The van der Waals surface area contributed by atoms with Crippen molar-refractivity contribution < 1.29 is 27.5 Å². The Morgan fingerprint density at radius 3 is 2.20 bits per heavy atom. The minimum Gasteiger partial charge on any atom is -0.497 e. The van der Waals surface area contributed by atoms with Gasteiger partial charge in [0.1, 0.15) is 24.1 Å². The van der Waals surface area contributed by atoms with Gasteiger partial charge in [-0.3, -0.25) is 13.9 Å². The first-order valence-corrected chi connectivity index (χ1v) is 15.2. The summed E-state index contributed by atoms with van der Waals surface area (Å²) in [6, 6.07) is 20.7. The van der Waals surface area contributed by atoms with E-state index in [0.29, 0.717) is 11.5 Å². The molecular formula is C31H39N3O6S. The average molecular weight is 582 g/mol. The molecule has 0 radical (unpaired) electrons. The number of hydrogen-bond acceptors (Lipinski definition) is 6. The maximum Gasteiger partial charge on any atom is 0.244 e. The Morgan fingerprint density at radius 1 is 0.902 bits per heavy atom. The second kappa shape index (κ2) is 14.0. The summed E-state index contributed by atoms with van der Waals surface area (Å²) in [4.78, 5) is 29.3. The zero-order valence-electron chi connectivity index (χ0n) is 24.5. The van der Waals surface area contributed by atoms with Crippen LogP contribution in [0.1, 0.15) is 30.5 Å². The molecule has 0 saturated carbocycles. The molecular weight excluding hydrogens is 542 g/mol. The number of nitrogens with one attached hydrogen (secondary N) is 1. The van der Waals surface area contributed by atoms with E-state index in [1.54, 1.807) is 43.5 Å². The van der Waals surface area contributed by atoms with Crippen molar-refractivity contribution in [1.82, 2.24) is 10.2 Å². The van der Waals surface area contributed by atoms with Gasteiger partial charge in [0.05, 0.1) is 26.2 Å². The smallest absolute Gasteiger partial charge is 0.244 e. The number of amides is 2. The van der Waals surface area contributed by atoms with Gasteiger partial charge < -0.3 is 19.7 Å². The predicted molar refractivity (Wildman–Crippen MR) is 161 cm³/mol. The average Bonchev–Trinajstić information content (AvgIpc) is 2.93. The summed E-state index contributed by atoms with van der Waals surface area (Å²) in [7, 11) is -0.925. The monoisotopic (exact) mass is 581 g/mol. The molecule has 0 spiro atoms. The van der Waals surface area contributed by atoms with E-state index >= 15 is 0 Å². The summed E-state index contributed by atoms with van der Waals surface area (Å²) in [6.07, 6.45) is 1.28. The highest BCUT2D eigenvalue weighted by Crippen LogP contribution is 2.31. The lowest BCUT2D eigenvalue weighted by Gasteiger charge is -2.34. The van der Waals surface area contributed by atoms with E-state index in [-0.39, 0.29) is 30.6 Å². The number of benzene rings is 3. The van der Waals surface area contributed by atoms with Gasteiger partial charge in [-0.25, -0.2) is 8.42 Å². The van der Waals surface area contributed by atoms with Crippen molar-refractivity contribution in [2.24, 2.45) is 0 Å². The molecule has 0 aliphatic rings. The molecule has 0 saturated heterocycles. The first-order chi connectivity index (χ1) is 19.4. The Hall–Kier alpha value is -4.05. The Bertz CT molecular complexity index is 1440. The van der Waals surface area contributed by atoms with Crippen LogP contribution in [0.2, 0.25) is 0 Å². The number of nitrogens with zero attached hydrogens (tertiary/aromatic N) is 2. The number of hydrogen-bond donors (Lipinski definition) is 1. The lowest BCUT2D eigenvalue weighted by molar-refractivity contribution is -0.140. The van der Waals surface area contributed by atoms with Gasteiger partial charge in [0.25, 0.3) is 0 Å². The number of rotatable bonds is 13. The largest absolute Gasteiger partial charge is 0.497 e. The van der Waals surface area contributed by atoms with Crippen molar-refractivity contribution in [2.75, 3.05) is 31.3 Å². The minimum atomic E-state index is -3.92. The molecule has 0 heterocycles. The number of sulfonamides is 1. The van der Waals surface area contributed by atoms with Crippen molar-refractivity contribution in [3.8, 4) is 11.5 Å². The molecule has 0 bridgehead atoms. The van der Waals surface area contributed by atoms with E-state index < -0.39 is 28.5 Å². The number of anilines is 1. The van der Waals surface area contributed by atoms with E-state index in [0.717, 1.165) is 27.3 Å². The lowest BCUT2D eigenvalue weighted by Crippen LogP contribution is -2.54. The fourth-order valence-corrected chi connectivity index (χ4v) is 5.34. The molecule has 0 aliphatic carbocycles. The highest BCUT2D eigenvalue weighted by atomic mass is 32.2. The first-order valence-electron chi connectivity index (χ1n) is 13.3. The lowest BCUT2D eigenvalue weighted by atomic mass is 10.0. The zero-order valence-corrected chi connectivity index (χ0v) is 25.3. The molecule has 3 aromatic carbocycles. The van der Waals surface area contributed by atoms with Crippen LogP contribution in [0.15, 0.2) is 72.8 Å². The third-order valence-electron chi connectivity index (χ3n) is 6.47. The third kappa shape index (κ3) is 8.72. The van der Waals surface area contributed by atoms with Crippen molar-refractivity contribution in [1.29, 1.82) is 0 Å². The van der Waals surface area contributed by atoms with Gasteiger partial charge in [-0.1, -0.05) is 48.5 Å². The molecule has 1 atom stereocenters. The van der Waals surface area contributed by atoms with Gasteiger partial charge in [-0.15, -0.1) is 0 Å². The molecule has 3 aromatic rings. The van der Waals surface area contributed by atoms with Crippen LogP contribution in [0.25, 0.3) is 0 Å². The fourth-order valence-electron chi connectivity index (χ4n) is 4.49. The van der Waals surface area contributed by atoms with E-state index in [1.807, 2.05) is 57.2 Å². The molecule has 220 valence electrons. The predicted octanol–water partition coefficient (Wildman–Crippen LogP) is 3.94. The highest BCUT2D eigenvalue weighted by molar-refractivity contribution is 7.92. The van der Waals surface area contributed by atoms with Crippen LogP contribution in [-0.2, 0) is 32.6 Å². The van der Waals surface area contributed by atoms with Crippen LogP contribution in [0.4, 0.5) is 5.69 Å². The fraction of sp³-hybridized carbons (Fsp3) is 0.355. The van der Waals surface area contributed by atoms with Crippen molar-refractivity contribution in [3.63, 3.8) is 0 Å². The Kier molecular flexibility index (Phi) is 10.8. The maximum absolute atomic E-state index is 14.2. The molecule has 0 aromatic heterocycles. The van der Waals surface area contributed by atoms with E-state index in [2.05, 4.69) is 5.32 Å². The van der Waals surface area contributed by atoms with Crippen LogP contribution >= 0.6 is 0 Å². The summed E-state index contributed by atoms with van der Waals surface area (Å²) in [5, 5.41) is 2.94. The van der Waals surface area contributed by atoms with E-state index in [1.165, 1.54) is 12.0 Å². The second-order valence-electron chi connectivity index (χ2n) is 10.2. The Morgan fingerprint density at radius 2 is 1.59 bits per heavy atom. The molecule has 3 rings (SSSR count). The number of carbonyl (C=O) groups excluding carboxylic acids is 2. The van der Waals surface area contributed by atoms with E-state index in [9.17, 15) is 18.0 Å². The Balaban J connectivity index is 2.11. The summed E-state index contributed by atoms with van der Waals surface area (Å²) >= 11 is 0. The van der Waals surface area contributed by atoms with Crippen LogP contribution in [0.5, 0.6) is 11.5 Å². The summed E-state index contributed by atoms with van der Waals surface area (Å²) in [5.74, 6) is 0.0377. The number of aryl methyl sites for hydroxylation is 1. The molecule has 0 unspecified atom stereocenters. The quantitative estimate of drug-likeness (QED) is 0.328. The van der Waals surface area contributed by atoms with Gasteiger partial charge in [-0.2, -0.15) is 0 Å². The molecule has 1 N–H and O–H groups in total. The third-order valence-corrected chi connectivity index (χ3v) is 7.60. The summed E-state index contributed by atoms with van der Waals surface area (Å²) < 4.78 is 37.9. The van der Waals surface area contributed by atoms with Gasteiger partial charge in [0, 0.05) is 19.0 Å². The van der Waals surface area contributed by atoms with Gasteiger partial charge in [-0.05, 0) is 61.7 Å². The maximum atomic E-state index is 14.2. The second-order valence-corrected chi connectivity index (χ2v) is 12.1. The number of carbonyl (C=O) groups is 2. The minimum absolute atomic E-state index is 0.0571. The molecule has 41 heavy (non-hydrogen) atoms. The molecule has 10 heteroatoms. The van der Waals surface area contributed by atoms with Crippen LogP contribution in [0, 0.1) is 6.92 Å². The van der Waals surface area contributed by atoms with Crippen LogP contribution in [0.3, 0.4) is 0 Å². The molecule has 0 aliphatic heterocycles. The van der Waals surface area contributed by atoms with Crippen molar-refractivity contribution in [3.05, 3.63) is 89.5 Å². The number of ether oxygens (including phenoxy) is 2. The van der Waals surface area contributed by atoms with Gasteiger partial charge in [0.2, 0.25) is 21.8 Å². The standard InChI is InChI=1S/C31H39N3O6S/c1-22(2)32-31(36)28(19-24-11-8-7-9-12-24)33(20-25-13-10-14-26(18-25)39-4)30(35)21-34(41(6,37)38)27-17-23(3)15-16-29(27)40-5/h7-18,22,28H,19-21H2,1-6H3,(H,32,36)/t28-/m0/s1. The zero-order chi connectivity index (χ0) is 30.2. The Labute approximate surface area is 243 Å². The molecule has 0 fully saturated rings. The van der Waals surface area contributed by atoms with Gasteiger partial charge in [0.15, 0.2) is 0 Å². The van der Waals surface area contributed by atoms with Crippen molar-refractivity contribution in [2.45, 2.75) is 45.8 Å². The van der Waals surface area contributed by atoms with Crippen LogP contribution < -0.4 is 19.1 Å². The van der Waals surface area contributed by atoms with Gasteiger partial charge >= 0.3 is 0 Å². The first kappa shape index (κ1) is 31.5. The summed E-state index contributed by atoms with van der Waals surface area (Å²) in [5.41, 5.74) is 2.64. The normalized spacial score (nSPS) is 12.0. The highest BCUT2D eigenvalue weighted by Gasteiger charge is 2.34. The van der Waals surface area contributed by atoms with E-state index in [4.69, 9.17) is 9.47 Å². The summed E-state index contributed by atoms with van der Waals surface area (Å²) in [6.45, 7) is 5.05. The van der Waals surface area contributed by atoms with Crippen molar-refractivity contribution >= 4 is 27.5 Å². The topological polar surface area (TPSA) is 105 Å². The SMILES string of the molecule is COc1cccc(CN(C(=O)CN(c2cc(C)ccc2OC)S(C)(=O)=O)[C@@H](Cc2ccccc2)C(=O)NC(C)C)c1. The van der Waals surface area contributed by atoms with Crippen LogP contribution in [-0.4, -0.2) is 64.2 Å². The number of methoxy groups -OCH3 is 2.